The molecule has 2 rings (SSSR count). The number of benzene rings is 2. The van der Waals surface area contributed by atoms with E-state index in [9.17, 15) is 52.7 Å². The van der Waals surface area contributed by atoms with Crippen LogP contribution in [0.25, 0.3) is 10.8 Å². The van der Waals surface area contributed by atoms with Gasteiger partial charge in [-0.2, -0.15) is 52.7 Å². The minimum atomic E-state index is -6.24. The lowest BCUT2D eigenvalue weighted by Gasteiger charge is -2.24. The third-order valence-corrected chi connectivity index (χ3v) is 3.23. The molecule has 0 N–H and O–H groups in total. The summed E-state index contributed by atoms with van der Waals surface area (Å²) in [4.78, 5) is 0. The SMILES string of the molecule is FC(F)(F)c1[c]c2cccc(C(F)(F)F)c2c(C(F)(F)F)c1C(F)(F)F. The largest absolute Gasteiger partial charge is 0.417 e. The van der Waals surface area contributed by atoms with Gasteiger partial charge in [0.1, 0.15) is 0 Å². The smallest absolute Gasteiger partial charge is 0.166 e. The van der Waals surface area contributed by atoms with Gasteiger partial charge in [0.25, 0.3) is 0 Å². The van der Waals surface area contributed by atoms with Crippen LogP contribution in [0, 0.1) is 6.07 Å². The van der Waals surface area contributed by atoms with Crippen LogP contribution in [0.5, 0.6) is 0 Å². The highest BCUT2D eigenvalue weighted by Gasteiger charge is 2.52. The third-order valence-electron chi connectivity index (χ3n) is 3.23. The van der Waals surface area contributed by atoms with E-state index < -0.39 is 57.7 Å². The number of halogens is 12. The van der Waals surface area contributed by atoms with Gasteiger partial charge in [-0.1, -0.05) is 12.1 Å². The standard InChI is InChI=1S/C14H3F12/c15-11(16,17)6-3-1-2-5-4-7(12(18,19)20)9(13(21,22)23)10(8(5)6)14(24,25)26/h1-3H. The first-order valence-corrected chi connectivity index (χ1v) is 6.26. The van der Waals surface area contributed by atoms with E-state index in [-0.39, 0.29) is 6.07 Å². The van der Waals surface area contributed by atoms with E-state index in [1.54, 1.807) is 0 Å². The van der Waals surface area contributed by atoms with E-state index in [0.29, 0.717) is 12.1 Å². The molecule has 0 aliphatic rings. The quantitative estimate of drug-likeness (QED) is 0.432. The minimum absolute atomic E-state index is 0.0405. The van der Waals surface area contributed by atoms with Crippen LogP contribution in [0.1, 0.15) is 22.3 Å². The van der Waals surface area contributed by atoms with Crippen LogP contribution in [0.3, 0.4) is 0 Å². The van der Waals surface area contributed by atoms with Crippen LogP contribution in [0.15, 0.2) is 18.2 Å². The predicted molar refractivity (Wildman–Crippen MR) is 62.8 cm³/mol. The highest BCUT2D eigenvalue weighted by atomic mass is 19.4. The topological polar surface area (TPSA) is 0 Å². The molecule has 1 radical (unpaired) electrons. The zero-order chi connectivity index (χ0) is 20.3. The average molecular weight is 399 g/mol. The van der Waals surface area contributed by atoms with Crippen molar-refractivity contribution in [2.45, 2.75) is 24.7 Å². The first kappa shape index (κ1) is 20.2. The second-order valence-electron chi connectivity index (χ2n) is 4.97. The van der Waals surface area contributed by atoms with Crippen molar-refractivity contribution < 1.29 is 52.7 Å². The fraction of sp³-hybridized carbons (Fsp3) is 0.286. The highest BCUT2D eigenvalue weighted by Crippen LogP contribution is 2.51. The minimum Gasteiger partial charge on any atom is -0.166 e. The first-order chi connectivity index (χ1) is 11.5. The molecule has 0 fully saturated rings. The zero-order valence-corrected chi connectivity index (χ0v) is 11.8. The molecule has 0 saturated carbocycles. The van der Waals surface area contributed by atoms with Gasteiger partial charge in [0, 0.05) is 11.5 Å². The highest BCUT2D eigenvalue weighted by molar-refractivity contribution is 5.91. The maximum atomic E-state index is 13.2. The zero-order valence-electron chi connectivity index (χ0n) is 11.8. The van der Waals surface area contributed by atoms with Crippen molar-refractivity contribution in [3.05, 3.63) is 46.5 Å². The fourth-order valence-corrected chi connectivity index (χ4v) is 2.39. The number of fused-ring (bicyclic) bond motifs is 1. The van der Waals surface area contributed by atoms with Crippen molar-refractivity contribution in [1.29, 1.82) is 0 Å². The summed E-state index contributed by atoms with van der Waals surface area (Å²) >= 11 is 0. The Kier molecular flexibility index (Phi) is 4.41. The van der Waals surface area contributed by atoms with Gasteiger partial charge in [0.15, 0.2) is 0 Å². The Morgan fingerprint density at radius 2 is 1.08 bits per heavy atom. The van der Waals surface area contributed by atoms with Gasteiger partial charge < -0.3 is 0 Å². The molecule has 0 nitrogen and oxygen atoms in total. The lowest BCUT2D eigenvalue weighted by atomic mass is 9.90. The lowest BCUT2D eigenvalue weighted by molar-refractivity contribution is -0.174. The summed E-state index contributed by atoms with van der Waals surface area (Å²) in [5.41, 5.74) is -11.3. The van der Waals surface area contributed by atoms with Crippen LogP contribution in [0.2, 0.25) is 0 Å². The number of hydrogen-bond donors (Lipinski definition) is 0. The van der Waals surface area contributed by atoms with E-state index in [1.165, 1.54) is 0 Å². The molecule has 12 heteroatoms. The molecule has 0 aliphatic heterocycles. The summed E-state index contributed by atoms with van der Waals surface area (Å²) in [6, 6.07) is 1.91. The molecule has 2 aromatic rings. The molecule has 0 unspecified atom stereocenters. The van der Waals surface area contributed by atoms with Crippen LogP contribution in [-0.4, -0.2) is 0 Å². The summed E-state index contributed by atoms with van der Waals surface area (Å²) in [5.74, 6) is 0. The molecule has 143 valence electrons. The Labute approximate surface area is 136 Å². The molecular weight excluding hydrogens is 396 g/mol. The van der Waals surface area contributed by atoms with Crippen molar-refractivity contribution in [3.8, 4) is 0 Å². The van der Waals surface area contributed by atoms with Gasteiger partial charge >= 0.3 is 24.7 Å². The monoisotopic (exact) mass is 399 g/mol. The van der Waals surface area contributed by atoms with Gasteiger partial charge in [0.05, 0.1) is 22.3 Å². The molecule has 0 amide bonds. The molecule has 2 aromatic carbocycles. The van der Waals surface area contributed by atoms with Crippen molar-refractivity contribution in [1.82, 2.24) is 0 Å². The second kappa shape index (κ2) is 5.68. The molecule has 0 aromatic heterocycles. The molecule has 0 saturated heterocycles. The maximum Gasteiger partial charge on any atom is 0.417 e. The Balaban J connectivity index is 3.24. The van der Waals surface area contributed by atoms with Crippen molar-refractivity contribution in [3.63, 3.8) is 0 Å². The van der Waals surface area contributed by atoms with Gasteiger partial charge in [-0.3, -0.25) is 0 Å². The Morgan fingerprint density at radius 1 is 0.577 bits per heavy atom. The summed E-state index contributed by atoms with van der Waals surface area (Å²) in [5, 5.41) is -3.44. The first-order valence-electron chi connectivity index (χ1n) is 6.26. The van der Waals surface area contributed by atoms with E-state index in [0.717, 1.165) is 6.07 Å². The van der Waals surface area contributed by atoms with Gasteiger partial charge in [-0.15, -0.1) is 0 Å². The van der Waals surface area contributed by atoms with Crippen LogP contribution in [0.4, 0.5) is 52.7 Å². The van der Waals surface area contributed by atoms with Gasteiger partial charge in [0.2, 0.25) is 0 Å². The summed E-state index contributed by atoms with van der Waals surface area (Å²) in [6.45, 7) is 0. The van der Waals surface area contributed by atoms with E-state index in [2.05, 4.69) is 0 Å². The van der Waals surface area contributed by atoms with E-state index >= 15 is 0 Å². The number of hydrogen-bond acceptors (Lipinski definition) is 0. The van der Waals surface area contributed by atoms with Crippen LogP contribution >= 0.6 is 0 Å². The Bertz CT molecular complexity index is 833. The van der Waals surface area contributed by atoms with E-state index in [1.807, 2.05) is 0 Å². The summed E-state index contributed by atoms with van der Waals surface area (Å²) in [7, 11) is 0. The number of rotatable bonds is 0. The molecule has 26 heavy (non-hydrogen) atoms. The van der Waals surface area contributed by atoms with E-state index in [4.69, 9.17) is 0 Å². The lowest BCUT2D eigenvalue weighted by Crippen LogP contribution is -2.24. The van der Waals surface area contributed by atoms with Crippen LogP contribution in [-0.2, 0) is 24.7 Å². The molecule has 0 spiro atoms. The predicted octanol–water partition coefficient (Wildman–Crippen LogP) is 6.72. The molecule has 0 bridgehead atoms. The van der Waals surface area contributed by atoms with Gasteiger partial charge in [-0.25, -0.2) is 0 Å². The molecule has 0 heterocycles. The third kappa shape index (κ3) is 3.54. The summed E-state index contributed by atoms with van der Waals surface area (Å²) in [6.07, 6.45) is -23.9. The van der Waals surface area contributed by atoms with Crippen LogP contribution < -0.4 is 0 Å². The molecule has 0 aliphatic carbocycles. The summed E-state index contributed by atoms with van der Waals surface area (Å²) < 4.78 is 156. The normalized spacial score (nSPS) is 14.2. The fourth-order valence-electron chi connectivity index (χ4n) is 2.39. The average Bonchev–Trinajstić information content (AvgIpc) is 2.40. The van der Waals surface area contributed by atoms with Gasteiger partial charge in [-0.05, 0) is 11.5 Å². The Morgan fingerprint density at radius 3 is 1.46 bits per heavy atom. The molecule has 0 atom stereocenters. The number of alkyl halides is 12. The van der Waals surface area contributed by atoms with Crippen molar-refractivity contribution >= 4 is 10.8 Å². The second-order valence-corrected chi connectivity index (χ2v) is 4.97. The molecular formula is C14H3F12. The Hall–Kier alpha value is -2.14. The van der Waals surface area contributed by atoms with Crippen molar-refractivity contribution in [2.75, 3.05) is 0 Å². The van der Waals surface area contributed by atoms with Crippen molar-refractivity contribution in [2.24, 2.45) is 0 Å². The maximum absolute atomic E-state index is 13.2.